The lowest BCUT2D eigenvalue weighted by Crippen LogP contribution is -2.01. The van der Waals surface area contributed by atoms with Crippen LogP contribution in [0.2, 0.25) is 0 Å². The normalized spacial score (nSPS) is 10.7. The van der Waals surface area contributed by atoms with E-state index in [1.807, 2.05) is 24.3 Å². The Morgan fingerprint density at radius 1 is 1.28 bits per heavy atom. The molecule has 0 saturated heterocycles. The number of para-hydroxylation sites is 1. The Kier molecular flexibility index (Phi) is 2.33. The third kappa shape index (κ3) is 1.55. The fourth-order valence-electron chi connectivity index (χ4n) is 1.73. The molecule has 88 valence electrons. The molecule has 1 aromatic carbocycles. The van der Waals surface area contributed by atoms with Gasteiger partial charge in [-0.3, -0.25) is 0 Å². The summed E-state index contributed by atoms with van der Waals surface area (Å²) in [4.78, 5) is 3.61. The molecule has 5 nitrogen and oxygen atoms in total. The van der Waals surface area contributed by atoms with Crippen LogP contribution in [-0.4, -0.2) is 26.2 Å². The van der Waals surface area contributed by atoms with Crippen molar-refractivity contribution in [3.8, 4) is 5.69 Å². The highest BCUT2D eigenvalue weighted by Gasteiger charge is 2.08. The van der Waals surface area contributed by atoms with Crippen LogP contribution in [-0.2, 0) is 0 Å². The Morgan fingerprint density at radius 3 is 2.94 bits per heavy atom. The summed E-state index contributed by atoms with van der Waals surface area (Å²) in [5, 5.41) is 15.1. The predicted molar refractivity (Wildman–Crippen MR) is 64.5 cm³/mol. The van der Waals surface area contributed by atoms with Crippen molar-refractivity contribution in [2.24, 2.45) is 0 Å². The molecule has 0 bridgehead atoms. The van der Waals surface area contributed by atoms with E-state index in [4.69, 9.17) is 5.41 Å². The number of fused-ring (bicyclic) bond motifs is 1. The average Bonchev–Trinajstić information content (AvgIpc) is 2.83. The summed E-state index contributed by atoms with van der Waals surface area (Å²) in [7, 11) is 0. The first kappa shape index (κ1) is 10.5. The van der Waals surface area contributed by atoms with Gasteiger partial charge in [-0.15, -0.1) is 5.10 Å². The molecule has 0 atom stereocenters. The van der Waals surface area contributed by atoms with E-state index in [0.717, 1.165) is 17.2 Å². The third-order valence-corrected chi connectivity index (χ3v) is 2.60. The molecule has 0 saturated carbocycles. The molecule has 3 rings (SSSR count). The largest absolute Gasteiger partial charge is 0.308 e. The van der Waals surface area contributed by atoms with Gasteiger partial charge in [-0.25, -0.2) is 9.67 Å². The third-order valence-electron chi connectivity index (χ3n) is 2.60. The number of hydrogen-bond acceptors (Lipinski definition) is 4. The molecule has 1 N–H and O–H groups in total. The summed E-state index contributed by atoms with van der Waals surface area (Å²) in [6.07, 6.45) is 2.29. The SMILES string of the molecule is N=Cc1cc(-n2nnc3ccccc32)cnc1F. The maximum absolute atomic E-state index is 13.2. The molecule has 0 spiro atoms. The van der Waals surface area contributed by atoms with E-state index >= 15 is 0 Å². The minimum Gasteiger partial charge on any atom is -0.308 e. The van der Waals surface area contributed by atoms with Gasteiger partial charge in [-0.2, -0.15) is 4.39 Å². The number of rotatable bonds is 2. The molecule has 0 radical (unpaired) electrons. The van der Waals surface area contributed by atoms with Gasteiger partial charge in [0, 0.05) is 11.8 Å². The smallest absolute Gasteiger partial charge is 0.221 e. The molecule has 0 fully saturated rings. The fraction of sp³-hybridized carbons (Fsp3) is 0. The minimum absolute atomic E-state index is 0.118. The van der Waals surface area contributed by atoms with Crippen molar-refractivity contribution in [1.82, 2.24) is 20.0 Å². The molecular weight excluding hydrogens is 233 g/mol. The van der Waals surface area contributed by atoms with Crippen molar-refractivity contribution >= 4 is 17.2 Å². The molecular formula is C12H8FN5. The van der Waals surface area contributed by atoms with Crippen molar-refractivity contribution in [1.29, 1.82) is 5.41 Å². The molecule has 0 unspecified atom stereocenters. The molecule has 0 aliphatic rings. The first-order chi connectivity index (χ1) is 8.79. The zero-order valence-corrected chi connectivity index (χ0v) is 9.21. The van der Waals surface area contributed by atoms with Gasteiger partial charge in [0.1, 0.15) is 5.52 Å². The van der Waals surface area contributed by atoms with Crippen molar-refractivity contribution in [3.05, 3.63) is 48.0 Å². The number of pyridine rings is 1. The van der Waals surface area contributed by atoms with E-state index in [0.29, 0.717) is 5.69 Å². The standard InChI is InChI=1S/C12H8FN5/c13-12-8(6-14)5-9(7-15-12)18-11-4-2-1-3-10(11)16-17-18/h1-7,14H. The Bertz CT molecular complexity index is 734. The van der Waals surface area contributed by atoms with Gasteiger partial charge < -0.3 is 5.41 Å². The summed E-state index contributed by atoms with van der Waals surface area (Å²) in [6.45, 7) is 0. The van der Waals surface area contributed by atoms with Gasteiger partial charge in [0.15, 0.2) is 0 Å². The Hall–Kier alpha value is -2.63. The van der Waals surface area contributed by atoms with Crippen LogP contribution in [0.15, 0.2) is 36.5 Å². The molecule has 18 heavy (non-hydrogen) atoms. The number of hydrogen-bond donors (Lipinski definition) is 1. The molecule has 0 amide bonds. The lowest BCUT2D eigenvalue weighted by Gasteiger charge is -2.03. The van der Waals surface area contributed by atoms with Crippen molar-refractivity contribution in [2.75, 3.05) is 0 Å². The van der Waals surface area contributed by atoms with E-state index in [9.17, 15) is 4.39 Å². The molecule has 3 aromatic rings. The van der Waals surface area contributed by atoms with Crippen LogP contribution < -0.4 is 0 Å². The Balaban J connectivity index is 2.23. The van der Waals surface area contributed by atoms with Gasteiger partial charge in [0.2, 0.25) is 5.95 Å². The highest BCUT2D eigenvalue weighted by atomic mass is 19.1. The molecule has 2 aromatic heterocycles. The highest BCUT2D eigenvalue weighted by molar-refractivity contribution is 5.79. The van der Waals surface area contributed by atoms with E-state index < -0.39 is 5.95 Å². The monoisotopic (exact) mass is 241 g/mol. The zero-order valence-electron chi connectivity index (χ0n) is 9.21. The van der Waals surface area contributed by atoms with Gasteiger partial charge in [-0.05, 0) is 18.2 Å². The lowest BCUT2D eigenvalue weighted by molar-refractivity contribution is 0.580. The summed E-state index contributed by atoms with van der Waals surface area (Å²) in [6, 6.07) is 8.95. The topological polar surface area (TPSA) is 67.5 Å². The van der Waals surface area contributed by atoms with Crippen molar-refractivity contribution in [3.63, 3.8) is 0 Å². The van der Waals surface area contributed by atoms with Crippen LogP contribution in [0.5, 0.6) is 0 Å². The second-order valence-corrected chi connectivity index (χ2v) is 3.71. The van der Waals surface area contributed by atoms with Gasteiger partial charge in [-0.1, -0.05) is 17.3 Å². The molecule has 0 aliphatic carbocycles. The van der Waals surface area contributed by atoms with Crippen molar-refractivity contribution in [2.45, 2.75) is 0 Å². The minimum atomic E-state index is -0.668. The van der Waals surface area contributed by atoms with Gasteiger partial charge in [0.25, 0.3) is 0 Å². The zero-order chi connectivity index (χ0) is 12.5. The summed E-state index contributed by atoms with van der Waals surface area (Å²) >= 11 is 0. The average molecular weight is 241 g/mol. The Morgan fingerprint density at radius 2 is 2.11 bits per heavy atom. The number of halogens is 1. The fourth-order valence-corrected chi connectivity index (χ4v) is 1.73. The second-order valence-electron chi connectivity index (χ2n) is 3.71. The van der Waals surface area contributed by atoms with E-state index in [-0.39, 0.29) is 5.56 Å². The van der Waals surface area contributed by atoms with Crippen LogP contribution in [0.3, 0.4) is 0 Å². The van der Waals surface area contributed by atoms with Gasteiger partial charge >= 0.3 is 0 Å². The maximum atomic E-state index is 13.2. The van der Waals surface area contributed by atoms with Crippen molar-refractivity contribution < 1.29 is 4.39 Å². The molecule has 2 heterocycles. The highest BCUT2D eigenvalue weighted by Crippen LogP contribution is 2.16. The summed E-state index contributed by atoms with van der Waals surface area (Å²) in [5.74, 6) is -0.668. The summed E-state index contributed by atoms with van der Waals surface area (Å²) in [5.41, 5.74) is 2.25. The lowest BCUT2D eigenvalue weighted by atomic mass is 10.2. The quantitative estimate of drug-likeness (QED) is 0.550. The maximum Gasteiger partial charge on any atom is 0.221 e. The van der Waals surface area contributed by atoms with Crippen LogP contribution in [0.1, 0.15) is 5.56 Å². The summed E-state index contributed by atoms with van der Waals surface area (Å²) < 4.78 is 14.8. The van der Waals surface area contributed by atoms with E-state index in [2.05, 4.69) is 15.3 Å². The predicted octanol–water partition coefficient (Wildman–Crippen LogP) is 1.95. The number of nitrogens with one attached hydrogen (secondary N) is 1. The van der Waals surface area contributed by atoms with Crippen LogP contribution >= 0.6 is 0 Å². The number of aromatic nitrogens is 4. The number of benzene rings is 1. The van der Waals surface area contributed by atoms with E-state index in [1.165, 1.54) is 12.3 Å². The van der Waals surface area contributed by atoms with E-state index in [1.54, 1.807) is 4.68 Å². The molecule has 0 aliphatic heterocycles. The first-order valence-electron chi connectivity index (χ1n) is 5.26. The van der Waals surface area contributed by atoms with Gasteiger partial charge in [0.05, 0.1) is 17.4 Å². The van der Waals surface area contributed by atoms with Crippen LogP contribution in [0, 0.1) is 11.4 Å². The first-order valence-corrected chi connectivity index (χ1v) is 5.26. The number of nitrogens with zero attached hydrogens (tertiary/aromatic N) is 4. The Labute approximate surface area is 101 Å². The van der Waals surface area contributed by atoms with Crippen LogP contribution in [0.4, 0.5) is 4.39 Å². The van der Waals surface area contributed by atoms with Crippen LogP contribution in [0.25, 0.3) is 16.7 Å². The molecule has 6 heteroatoms. The second kappa shape index (κ2) is 3.99.